The lowest BCUT2D eigenvalue weighted by Crippen LogP contribution is -2.25. The van der Waals surface area contributed by atoms with Crippen LogP contribution in [0.15, 0.2) is 11.3 Å². The molecule has 0 amide bonds. The zero-order valence-corrected chi connectivity index (χ0v) is 8.27. The van der Waals surface area contributed by atoms with Crippen molar-refractivity contribution in [3.05, 3.63) is 17.5 Å². The fourth-order valence-corrected chi connectivity index (χ4v) is 0.960. The van der Waals surface area contributed by atoms with Crippen molar-refractivity contribution in [2.45, 2.75) is 13.8 Å². The van der Waals surface area contributed by atoms with Crippen LogP contribution in [0.3, 0.4) is 0 Å². The predicted octanol–water partition coefficient (Wildman–Crippen LogP) is 0.275. The first-order chi connectivity index (χ1) is 6.11. The van der Waals surface area contributed by atoms with E-state index in [1.165, 1.54) is 0 Å². The lowest BCUT2D eigenvalue weighted by atomic mass is 10.2. The topological polar surface area (TPSA) is 79.1 Å². The largest absolute Gasteiger partial charge is 0.375 e. The first-order valence-electron chi connectivity index (χ1n) is 3.71. The smallest absolute Gasteiger partial charge is 0.184 e. The van der Waals surface area contributed by atoms with Crippen LogP contribution in [0.5, 0.6) is 0 Å². The van der Waals surface area contributed by atoms with E-state index in [1.807, 2.05) is 13.8 Å². The van der Waals surface area contributed by atoms with Gasteiger partial charge in [0.15, 0.2) is 5.11 Å². The molecule has 1 aromatic rings. The van der Waals surface area contributed by atoms with Crippen molar-refractivity contribution in [3.8, 4) is 0 Å². The molecule has 0 saturated carbocycles. The maximum Gasteiger partial charge on any atom is 0.184 e. The van der Waals surface area contributed by atoms with Gasteiger partial charge in [0.1, 0.15) is 0 Å². The predicted molar refractivity (Wildman–Crippen MR) is 55.5 cm³/mol. The third-order valence-electron chi connectivity index (χ3n) is 1.55. The fraction of sp³-hybridized carbons (Fsp3) is 0.286. The van der Waals surface area contributed by atoms with E-state index in [2.05, 4.69) is 32.9 Å². The molecule has 0 fully saturated rings. The molecule has 1 heterocycles. The zero-order chi connectivity index (χ0) is 9.84. The minimum atomic E-state index is 0.153. The molecule has 70 valence electrons. The maximum absolute atomic E-state index is 5.22. The summed E-state index contributed by atoms with van der Waals surface area (Å²) in [4.78, 5) is 0. The number of aryl methyl sites for hydroxylation is 1. The number of aromatic nitrogens is 2. The molecule has 0 aliphatic rings. The van der Waals surface area contributed by atoms with Gasteiger partial charge in [-0.05, 0) is 26.1 Å². The lowest BCUT2D eigenvalue weighted by molar-refractivity contribution is 1.03. The average molecular weight is 197 g/mol. The van der Waals surface area contributed by atoms with Gasteiger partial charge in [-0.25, -0.2) is 0 Å². The Labute approximate surface area is 81.4 Å². The first kappa shape index (κ1) is 9.66. The SMILES string of the molecule is C/C(=N\NC(N)=S)c1cn[nH]c1C. The molecule has 13 heavy (non-hydrogen) atoms. The molecular formula is C7H11N5S. The standard InChI is InChI=1S/C7H11N5S/c1-4-6(3-9-10-4)5(2)11-12-7(8)13/h3H,1-2H3,(H,9,10)(H3,8,12,13)/b11-5+. The molecule has 0 saturated heterocycles. The van der Waals surface area contributed by atoms with Crippen molar-refractivity contribution in [3.63, 3.8) is 0 Å². The number of hydrogen-bond donors (Lipinski definition) is 3. The number of hydrazone groups is 1. The van der Waals surface area contributed by atoms with Gasteiger partial charge in [-0.15, -0.1) is 0 Å². The van der Waals surface area contributed by atoms with E-state index >= 15 is 0 Å². The molecule has 1 aromatic heterocycles. The number of H-pyrrole nitrogens is 1. The van der Waals surface area contributed by atoms with Crippen LogP contribution in [-0.2, 0) is 0 Å². The Morgan fingerprint density at radius 3 is 2.92 bits per heavy atom. The minimum Gasteiger partial charge on any atom is -0.375 e. The summed E-state index contributed by atoms with van der Waals surface area (Å²) in [5.74, 6) is 0. The molecule has 5 nitrogen and oxygen atoms in total. The van der Waals surface area contributed by atoms with Crippen LogP contribution in [0.2, 0.25) is 0 Å². The molecule has 0 aromatic carbocycles. The van der Waals surface area contributed by atoms with Gasteiger partial charge < -0.3 is 5.73 Å². The number of nitrogens with one attached hydrogen (secondary N) is 2. The Morgan fingerprint density at radius 2 is 2.46 bits per heavy atom. The summed E-state index contributed by atoms with van der Waals surface area (Å²) in [5.41, 5.74) is 10.4. The van der Waals surface area contributed by atoms with Crippen LogP contribution in [0.4, 0.5) is 0 Å². The lowest BCUT2D eigenvalue weighted by Gasteiger charge is -1.99. The van der Waals surface area contributed by atoms with E-state index in [1.54, 1.807) is 6.20 Å². The molecule has 4 N–H and O–H groups in total. The Balaban J connectivity index is 2.78. The summed E-state index contributed by atoms with van der Waals surface area (Å²) in [6.45, 7) is 3.77. The van der Waals surface area contributed by atoms with Crippen molar-refractivity contribution in [1.29, 1.82) is 0 Å². The average Bonchev–Trinajstić information content (AvgIpc) is 2.47. The molecule has 0 atom stereocenters. The van der Waals surface area contributed by atoms with Crippen LogP contribution >= 0.6 is 12.2 Å². The van der Waals surface area contributed by atoms with Gasteiger partial charge in [0.25, 0.3) is 0 Å². The molecule has 0 spiro atoms. The molecule has 0 aliphatic carbocycles. The van der Waals surface area contributed by atoms with Crippen LogP contribution in [-0.4, -0.2) is 21.0 Å². The van der Waals surface area contributed by atoms with Crippen molar-refractivity contribution in [2.24, 2.45) is 10.8 Å². The number of rotatable bonds is 2. The van der Waals surface area contributed by atoms with Crippen molar-refractivity contribution in [2.75, 3.05) is 0 Å². The van der Waals surface area contributed by atoms with Gasteiger partial charge in [-0.2, -0.15) is 10.2 Å². The molecule has 0 radical (unpaired) electrons. The first-order valence-corrected chi connectivity index (χ1v) is 4.12. The van der Waals surface area contributed by atoms with Gasteiger partial charge >= 0.3 is 0 Å². The highest BCUT2D eigenvalue weighted by atomic mass is 32.1. The second kappa shape index (κ2) is 3.99. The number of nitrogens with two attached hydrogens (primary N) is 1. The maximum atomic E-state index is 5.22. The van der Waals surface area contributed by atoms with Crippen LogP contribution in [0.1, 0.15) is 18.2 Å². The summed E-state index contributed by atoms with van der Waals surface area (Å²) in [6, 6.07) is 0. The number of aromatic amines is 1. The molecule has 6 heteroatoms. The third kappa shape index (κ3) is 2.51. The van der Waals surface area contributed by atoms with E-state index in [0.29, 0.717) is 0 Å². The monoisotopic (exact) mass is 197 g/mol. The van der Waals surface area contributed by atoms with Crippen molar-refractivity contribution >= 4 is 23.0 Å². The van der Waals surface area contributed by atoms with Crippen LogP contribution in [0, 0.1) is 6.92 Å². The van der Waals surface area contributed by atoms with E-state index in [9.17, 15) is 0 Å². The highest BCUT2D eigenvalue weighted by molar-refractivity contribution is 7.80. The summed E-state index contributed by atoms with van der Waals surface area (Å²) in [6.07, 6.45) is 1.70. The van der Waals surface area contributed by atoms with Crippen LogP contribution < -0.4 is 11.2 Å². The molecule has 1 rings (SSSR count). The number of hydrogen-bond acceptors (Lipinski definition) is 3. The van der Waals surface area contributed by atoms with E-state index in [0.717, 1.165) is 17.0 Å². The van der Waals surface area contributed by atoms with Crippen molar-refractivity contribution in [1.82, 2.24) is 15.6 Å². The minimum absolute atomic E-state index is 0.153. The molecule has 0 aliphatic heterocycles. The summed E-state index contributed by atoms with van der Waals surface area (Å²) < 4.78 is 0. The van der Waals surface area contributed by atoms with Gasteiger partial charge in [-0.1, -0.05) is 0 Å². The fourth-order valence-electron chi connectivity index (χ4n) is 0.915. The van der Waals surface area contributed by atoms with Gasteiger partial charge in [-0.3, -0.25) is 10.5 Å². The van der Waals surface area contributed by atoms with Gasteiger partial charge in [0.05, 0.1) is 11.9 Å². The highest BCUT2D eigenvalue weighted by Gasteiger charge is 2.02. The second-order valence-electron chi connectivity index (χ2n) is 2.58. The Hall–Kier alpha value is -1.43. The van der Waals surface area contributed by atoms with E-state index < -0.39 is 0 Å². The summed E-state index contributed by atoms with van der Waals surface area (Å²) in [5, 5.41) is 10.8. The number of thiocarbonyl (C=S) groups is 1. The van der Waals surface area contributed by atoms with E-state index in [4.69, 9.17) is 5.73 Å². The normalized spacial score (nSPS) is 11.4. The second-order valence-corrected chi connectivity index (χ2v) is 3.02. The number of nitrogens with zero attached hydrogens (tertiary/aromatic N) is 2. The Kier molecular flexibility index (Phi) is 2.97. The third-order valence-corrected chi connectivity index (χ3v) is 1.64. The molecule has 0 bridgehead atoms. The highest BCUT2D eigenvalue weighted by Crippen LogP contribution is 2.03. The van der Waals surface area contributed by atoms with Crippen LogP contribution in [0.25, 0.3) is 0 Å². The van der Waals surface area contributed by atoms with Crippen molar-refractivity contribution < 1.29 is 0 Å². The summed E-state index contributed by atoms with van der Waals surface area (Å²) in [7, 11) is 0. The molecular weight excluding hydrogens is 186 g/mol. The van der Waals surface area contributed by atoms with Gasteiger partial charge in [0.2, 0.25) is 0 Å². The quantitative estimate of drug-likeness (QED) is 0.361. The molecule has 0 unspecified atom stereocenters. The summed E-state index contributed by atoms with van der Waals surface area (Å²) >= 11 is 4.61. The zero-order valence-electron chi connectivity index (χ0n) is 7.46. The Morgan fingerprint density at radius 1 is 1.77 bits per heavy atom. The van der Waals surface area contributed by atoms with Gasteiger partial charge in [0, 0.05) is 11.3 Å². The Bertz CT molecular complexity index is 340. The van der Waals surface area contributed by atoms with E-state index in [-0.39, 0.29) is 5.11 Å².